The lowest BCUT2D eigenvalue weighted by Crippen LogP contribution is -2.30. The fourth-order valence-corrected chi connectivity index (χ4v) is 3.17. The second-order valence-corrected chi connectivity index (χ2v) is 7.25. The summed E-state index contributed by atoms with van der Waals surface area (Å²) in [5, 5.41) is 2.20. The van der Waals surface area contributed by atoms with Crippen LogP contribution >= 0.6 is 45.2 Å². The molecule has 3 rings (SSSR count). The molecule has 0 radical (unpaired) electrons. The van der Waals surface area contributed by atoms with E-state index in [4.69, 9.17) is 0 Å². The summed E-state index contributed by atoms with van der Waals surface area (Å²) in [7, 11) is 0. The molecule has 2 nitrogen and oxygen atoms in total. The summed E-state index contributed by atoms with van der Waals surface area (Å²) in [6.07, 6.45) is 2.28. The van der Waals surface area contributed by atoms with E-state index in [9.17, 15) is 0 Å². The van der Waals surface area contributed by atoms with Gasteiger partial charge in [0.1, 0.15) is 0 Å². The summed E-state index contributed by atoms with van der Waals surface area (Å²) in [4.78, 5) is 0. The van der Waals surface area contributed by atoms with Crippen molar-refractivity contribution >= 4 is 56.9 Å². The molecule has 0 bridgehead atoms. The number of nitrogens with one attached hydrogen (secondary N) is 1. The lowest BCUT2D eigenvalue weighted by molar-refractivity contribution is 0.790. The first kappa shape index (κ1) is 14.3. The van der Waals surface area contributed by atoms with Gasteiger partial charge in [0.2, 0.25) is 0 Å². The van der Waals surface area contributed by atoms with Crippen molar-refractivity contribution in [3.8, 4) is 0 Å². The van der Waals surface area contributed by atoms with Gasteiger partial charge in [-0.1, -0.05) is 18.2 Å². The van der Waals surface area contributed by atoms with Crippen LogP contribution in [-0.4, -0.2) is 13.1 Å². The average Bonchev–Trinajstić information content (AvgIpc) is 2.88. The maximum atomic E-state index is 3.44. The zero-order valence-corrected chi connectivity index (χ0v) is 15.1. The molecule has 0 aliphatic carbocycles. The highest BCUT2D eigenvalue weighted by molar-refractivity contribution is 14.1. The van der Waals surface area contributed by atoms with Crippen molar-refractivity contribution in [1.82, 2.24) is 5.43 Å². The van der Waals surface area contributed by atoms with Crippen molar-refractivity contribution in [2.45, 2.75) is 0 Å². The predicted octanol–water partition coefficient (Wildman–Crippen LogP) is 4.30. The molecular formula is C16H14I2N2. The molecule has 1 heterocycles. The fourth-order valence-electron chi connectivity index (χ4n) is 2.24. The molecule has 0 saturated carbocycles. The summed E-state index contributed by atoms with van der Waals surface area (Å²) in [6, 6.07) is 17.2. The third-order valence-electron chi connectivity index (χ3n) is 3.22. The van der Waals surface area contributed by atoms with Gasteiger partial charge in [-0.15, -0.1) is 0 Å². The second kappa shape index (κ2) is 6.44. The quantitative estimate of drug-likeness (QED) is 0.635. The first-order valence-corrected chi connectivity index (χ1v) is 8.58. The van der Waals surface area contributed by atoms with E-state index in [2.05, 4.69) is 110 Å². The van der Waals surface area contributed by atoms with E-state index in [1.807, 2.05) is 0 Å². The number of benzene rings is 2. The molecule has 0 atom stereocenters. The standard InChI is InChI=1S/C16H14I2N2/c17-14-4-6-16(7-5-14)20-11-13(10-19-20)8-12-2-1-3-15(18)9-12/h1-9,19H,10-11H2. The molecule has 1 saturated heterocycles. The van der Waals surface area contributed by atoms with Crippen LogP contribution < -0.4 is 10.4 Å². The first-order chi connectivity index (χ1) is 9.70. The highest BCUT2D eigenvalue weighted by Gasteiger charge is 2.16. The van der Waals surface area contributed by atoms with Crippen LogP contribution in [0.1, 0.15) is 5.56 Å². The zero-order valence-electron chi connectivity index (χ0n) is 10.8. The summed E-state index contributed by atoms with van der Waals surface area (Å²) < 4.78 is 2.54. The summed E-state index contributed by atoms with van der Waals surface area (Å²) in [6.45, 7) is 1.85. The lowest BCUT2D eigenvalue weighted by atomic mass is 10.1. The molecule has 1 fully saturated rings. The summed E-state index contributed by atoms with van der Waals surface area (Å²) in [5.74, 6) is 0. The van der Waals surface area contributed by atoms with Crippen LogP contribution in [0.25, 0.3) is 6.08 Å². The van der Waals surface area contributed by atoms with E-state index < -0.39 is 0 Å². The number of hydrogen-bond acceptors (Lipinski definition) is 2. The van der Waals surface area contributed by atoms with Crippen LogP contribution in [0, 0.1) is 7.14 Å². The van der Waals surface area contributed by atoms with E-state index in [1.165, 1.54) is 24.0 Å². The Morgan fingerprint density at radius 3 is 2.55 bits per heavy atom. The third-order valence-corrected chi connectivity index (χ3v) is 4.61. The van der Waals surface area contributed by atoms with Crippen LogP contribution in [0.15, 0.2) is 54.1 Å². The van der Waals surface area contributed by atoms with Crippen molar-refractivity contribution < 1.29 is 0 Å². The Bertz CT molecular complexity index is 635. The molecule has 0 spiro atoms. The Kier molecular flexibility index (Phi) is 4.62. The van der Waals surface area contributed by atoms with E-state index in [0.717, 1.165) is 13.1 Å². The van der Waals surface area contributed by atoms with Crippen LogP contribution in [0.2, 0.25) is 0 Å². The average molecular weight is 488 g/mol. The minimum atomic E-state index is 0.914. The fraction of sp³-hybridized carbons (Fsp3) is 0.125. The number of hydrazine groups is 1. The molecule has 2 aromatic rings. The maximum absolute atomic E-state index is 3.44. The number of anilines is 1. The largest absolute Gasteiger partial charge is 0.304 e. The van der Waals surface area contributed by atoms with Crippen molar-refractivity contribution in [1.29, 1.82) is 0 Å². The van der Waals surface area contributed by atoms with Crippen molar-refractivity contribution in [2.24, 2.45) is 0 Å². The van der Waals surface area contributed by atoms with Gasteiger partial charge in [0.25, 0.3) is 0 Å². The van der Waals surface area contributed by atoms with Crippen molar-refractivity contribution in [3.05, 3.63) is 66.8 Å². The predicted molar refractivity (Wildman–Crippen MR) is 102 cm³/mol. The molecule has 1 aliphatic rings. The second-order valence-electron chi connectivity index (χ2n) is 4.76. The van der Waals surface area contributed by atoms with Crippen LogP contribution in [0.4, 0.5) is 5.69 Å². The van der Waals surface area contributed by atoms with E-state index in [0.29, 0.717) is 0 Å². The van der Waals surface area contributed by atoms with Gasteiger partial charge in [-0.3, -0.25) is 0 Å². The van der Waals surface area contributed by atoms with Gasteiger partial charge in [0.05, 0.1) is 12.2 Å². The van der Waals surface area contributed by atoms with Gasteiger partial charge in [0.15, 0.2) is 0 Å². The van der Waals surface area contributed by atoms with E-state index in [1.54, 1.807) is 0 Å². The molecule has 1 N–H and O–H groups in total. The highest BCUT2D eigenvalue weighted by atomic mass is 127. The van der Waals surface area contributed by atoms with Crippen LogP contribution in [0.5, 0.6) is 0 Å². The Balaban J connectivity index is 1.75. The van der Waals surface area contributed by atoms with Gasteiger partial charge < -0.3 is 5.01 Å². The van der Waals surface area contributed by atoms with Crippen LogP contribution in [-0.2, 0) is 0 Å². The Labute approximate surface area is 146 Å². The maximum Gasteiger partial charge on any atom is 0.0571 e. The normalized spacial score (nSPS) is 16.9. The zero-order chi connectivity index (χ0) is 13.9. The van der Waals surface area contributed by atoms with Gasteiger partial charge >= 0.3 is 0 Å². The molecule has 4 heteroatoms. The van der Waals surface area contributed by atoms with E-state index >= 15 is 0 Å². The molecular weight excluding hydrogens is 474 g/mol. The summed E-state index contributed by atoms with van der Waals surface area (Å²) in [5.41, 5.74) is 7.34. The topological polar surface area (TPSA) is 15.3 Å². The monoisotopic (exact) mass is 488 g/mol. The molecule has 0 unspecified atom stereocenters. The highest BCUT2D eigenvalue weighted by Crippen LogP contribution is 2.20. The number of halogens is 2. The third kappa shape index (κ3) is 3.53. The molecule has 2 aromatic carbocycles. The van der Waals surface area contributed by atoms with Gasteiger partial charge in [-0.2, -0.15) is 0 Å². The molecule has 0 amide bonds. The Morgan fingerprint density at radius 1 is 1.00 bits per heavy atom. The van der Waals surface area contributed by atoms with E-state index in [-0.39, 0.29) is 0 Å². The smallest absolute Gasteiger partial charge is 0.0571 e. The summed E-state index contributed by atoms with van der Waals surface area (Å²) >= 11 is 4.68. The Hall–Kier alpha value is -0.600. The van der Waals surface area contributed by atoms with Crippen molar-refractivity contribution in [2.75, 3.05) is 18.1 Å². The van der Waals surface area contributed by atoms with Gasteiger partial charge in [0, 0.05) is 13.7 Å². The minimum Gasteiger partial charge on any atom is -0.304 e. The number of nitrogens with zero attached hydrogens (tertiary/aromatic N) is 1. The molecule has 20 heavy (non-hydrogen) atoms. The lowest BCUT2D eigenvalue weighted by Gasteiger charge is -2.17. The number of rotatable bonds is 2. The molecule has 1 aliphatic heterocycles. The minimum absolute atomic E-state index is 0.914. The number of hydrogen-bond donors (Lipinski definition) is 1. The van der Waals surface area contributed by atoms with Crippen molar-refractivity contribution in [3.63, 3.8) is 0 Å². The van der Waals surface area contributed by atoms with Crippen LogP contribution in [0.3, 0.4) is 0 Å². The Morgan fingerprint density at radius 2 is 1.80 bits per heavy atom. The van der Waals surface area contributed by atoms with Gasteiger partial charge in [-0.25, -0.2) is 5.43 Å². The molecule has 102 valence electrons. The SMILES string of the molecule is Ic1ccc(N2CC(=Cc3cccc(I)c3)CN2)cc1. The molecule has 0 aromatic heterocycles. The first-order valence-electron chi connectivity index (χ1n) is 6.42. The van der Waals surface area contributed by atoms with Gasteiger partial charge in [-0.05, 0) is 92.7 Å².